The Morgan fingerprint density at radius 1 is 1.22 bits per heavy atom. The standard InChI is InChI=1S/C33H28ClF2N7O4S.CH4/c1-17-40-24-14-39-31(41-8-9-43(19-3-4-19)25(15-41)30(35)36)22(13-37)27(24)32(44)42(17)10-11-47-26-5-2-18(34)12-21(26)20-6-7-38-28-23(33(45)46)16-48-29(20)28;/h2,5-7,12,14,16,19,25,30H,3-4,8-11,15H2,1H3,(H,45,46);1H4. The van der Waals surface area contributed by atoms with Crippen molar-refractivity contribution in [2.45, 2.75) is 52.2 Å². The van der Waals surface area contributed by atoms with Gasteiger partial charge in [-0.2, -0.15) is 5.26 Å². The molecule has 0 radical (unpaired) electrons. The Labute approximate surface area is 289 Å². The molecule has 11 nitrogen and oxygen atoms in total. The number of alkyl halides is 2. The number of hydrogen-bond acceptors (Lipinski definition) is 10. The maximum atomic E-state index is 14.1. The van der Waals surface area contributed by atoms with E-state index in [1.54, 1.807) is 36.1 Å². The second kappa shape index (κ2) is 13.7. The third-order valence-corrected chi connectivity index (χ3v) is 10.1. The van der Waals surface area contributed by atoms with Gasteiger partial charge in [0, 0.05) is 53.4 Å². The van der Waals surface area contributed by atoms with Crippen LogP contribution in [0.25, 0.3) is 32.2 Å². The van der Waals surface area contributed by atoms with Crippen LogP contribution in [0.3, 0.4) is 0 Å². The summed E-state index contributed by atoms with van der Waals surface area (Å²) in [5.74, 6) is -0.0305. The van der Waals surface area contributed by atoms with Crippen molar-refractivity contribution >= 4 is 55.8 Å². The van der Waals surface area contributed by atoms with Gasteiger partial charge in [0.1, 0.15) is 35.6 Å². The highest BCUT2D eigenvalue weighted by atomic mass is 35.5. The fourth-order valence-electron chi connectivity index (χ4n) is 6.40. The van der Waals surface area contributed by atoms with Crippen LogP contribution in [-0.2, 0) is 6.54 Å². The zero-order chi connectivity index (χ0) is 33.7. The second-order valence-corrected chi connectivity index (χ2v) is 13.1. The Hall–Kier alpha value is -4.71. The lowest BCUT2D eigenvalue weighted by Crippen LogP contribution is -2.57. The summed E-state index contributed by atoms with van der Waals surface area (Å²) in [6, 6.07) is 8.14. The van der Waals surface area contributed by atoms with Crippen LogP contribution in [0.1, 0.15) is 42.0 Å². The third kappa shape index (κ3) is 6.29. The summed E-state index contributed by atoms with van der Waals surface area (Å²) in [6.45, 7) is 2.62. The molecule has 2 aliphatic rings. The number of halogens is 3. The van der Waals surface area contributed by atoms with Gasteiger partial charge < -0.3 is 14.7 Å². The van der Waals surface area contributed by atoms with Crippen LogP contribution in [0.5, 0.6) is 5.75 Å². The lowest BCUT2D eigenvalue weighted by molar-refractivity contribution is 0.0146. The lowest BCUT2D eigenvalue weighted by Gasteiger charge is -2.42. The molecular weight excluding hydrogens is 676 g/mol. The number of carboxylic acids is 1. The number of thiophene rings is 1. The average Bonchev–Trinajstić information content (AvgIpc) is 3.83. The van der Waals surface area contributed by atoms with Crippen LogP contribution in [0.15, 0.2) is 46.8 Å². The maximum Gasteiger partial charge on any atom is 0.338 e. The molecule has 1 aliphatic heterocycles. The van der Waals surface area contributed by atoms with Crippen molar-refractivity contribution in [1.82, 2.24) is 24.4 Å². The predicted octanol–water partition coefficient (Wildman–Crippen LogP) is 6.23. The SMILES string of the molecule is C.Cc1nc2cnc(N3CCN(C4CC4)C(C(F)F)C3)c(C#N)c2c(=O)n1CCOc1ccc(Cl)cc1-c1ccnc2c(C(=O)O)csc12. The molecule has 5 aromatic rings. The number of anilines is 1. The first-order valence-corrected chi connectivity index (χ1v) is 16.5. The quantitative estimate of drug-likeness (QED) is 0.188. The largest absolute Gasteiger partial charge is 0.491 e. The molecule has 1 saturated carbocycles. The maximum absolute atomic E-state index is 14.1. The number of aromatic nitrogens is 4. The summed E-state index contributed by atoms with van der Waals surface area (Å²) in [6.07, 6.45) is 2.21. The predicted molar refractivity (Wildman–Crippen MR) is 184 cm³/mol. The molecule has 1 unspecified atom stereocenters. The van der Waals surface area contributed by atoms with Gasteiger partial charge in [-0.3, -0.25) is 19.2 Å². The number of fused-ring (bicyclic) bond motifs is 2. The van der Waals surface area contributed by atoms with Crippen LogP contribution in [-0.4, -0.2) is 80.2 Å². The highest BCUT2D eigenvalue weighted by Crippen LogP contribution is 2.40. The number of piperazine rings is 1. The Kier molecular flexibility index (Phi) is 9.52. The van der Waals surface area contributed by atoms with Crippen molar-refractivity contribution in [2.24, 2.45) is 0 Å². The van der Waals surface area contributed by atoms with E-state index in [9.17, 15) is 28.7 Å². The molecule has 0 bridgehead atoms. The van der Waals surface area contributed by atoms with Gasteiger partial charge in [0.2, 0.25) is 0 Å². The number of pyridine rings is 2. The van der Waals surface area contributed by atoms with E-state index in [0.29, 0.717) is 51.0 Å². The van der Waals surface area contributed by atoms with Crippen LogP contribution in [0.4, 0.5) is 14.6 Å². The number of aryl methyl sites for hydroxylation is 1. The van der Waals surface area contributed by atoms with E-state index in [4.69, 9.17) is 16.3 Å². The number of nitrogens with zero attached hydrogens (tertiary/aromatic N) is 7. The fourth-order valence-corrected chi connectivity index (χ4v) is 7.60. The summed E-state index contributed by atoms with van der Waals surface area (Å²) >= 11 is 7.61. The van der Waals surface area contributed by atoms with E-state index in [1.807, 2.05) is 4.90 Å². The van der Waals surface area contributed by atoms with Crippen molar-refractivity contribution in [3.05, 3.63) is 74.4 Å². The molecule has 5 heterocycles. The molecular formula is C34H32ClF2N7O4S. The number of carboxylic acid groups (broad SMARTS) is 1. The van der Waals surface area contributed by atoms with Gasteiger partial charge >= 0.3 is 5.97 Å². The highest BCUT2D eigenvalue weighted by Gasteiger charge is 2.42. The number of carbonyl (C=O) groups is 1. The minimum atomic E-state index is -2.56. The van der Waals surface area contributed by atoms with Crippen molar-refractivity contribution < 1.29 is 23.4 Å². The zero-order valence-electron chi connectivity index (χ0n) is 25.6. The number of nitriles is 1. The Morgan fingerprint density at radius 2 is 2.02 bits per heavy atom. The molecule has 1 atom stereocenters. The summed E-state index contributed by atoms with van der Waals surface area (Å²) in [5.41, 5.74) is 1.57. The van der Waals surface area contributed by atoms with Crippen LogP contribution in [0, 0.1) is 18.3 Å². The van der Waals surface area contributed by atoms with Crippen LogP contribution in [0.2, 0.25) is 5.02 Å². The van der Waals surface area contributed by atoms with E-state index < -0.39 is 24.0 Å². The molecule has 1 aliphatic carbocycles. The lowest BCUT2D eigenvalue weighted by atomic mass is 10.0. The van der Waals surface area contributed by atoms with E-state index >= 15 is 0 Å². The molecule has 254 valence electrons. The van der Waals surface area contributed by atoms with Crippen molar-refractivity contribution in [1.29, 1.82) is 5.26 Å². The van der Waals surface area contributed by atoms with E-state index in [1.165, 1.54) is 33.7 Å². The Bertz CT molecular complexity index is 2180. The van der Waals surface area contributed by atoms with Gasteiger partial charge in [0.25, 0.3) is 12.0 Å². The third-order valence-electron chi connectivity index (χ3n) is 8.84. The summed E-state index contributed by atoms with van der Waals surface area (Å²) in [4.78, 5) is 42.4. The van der Waals surface area contributed by atoms with E-state index in [2.05, 4.69) is 21.0 Å². The minimum absolute atomic E-state index is 0. The van der Waals surface area contributed by atoms with Gasteiger partial charge in [-0.15, -0.1) is 11.3 Å². The zero-order valence-corrected chi connectivity index (χ0v) is 27.1. The van der Waals surface area contributed by atoms with Crippen LogP contribution < -0.4 is 15.2 Å². The minimum Gasteiger partial charge on any atom is -0.491 e. The topological polar surface area (TPSA) is 137 Å². The van der Waals surface area contributed by atoms with E-state index in [-0.39, 0.29) is 61.0 Å². The van der Waals surface area contributed by atoms with Gasteiger partial charge in [-0.1, -0.05) is 19.0 Å². The highest BCUT2D eigenvalue weighted by molar-refractivity contribution is 7.18. The van der Waals surface area contributed by atoms with Gasteiger partial charge in [-0.25, -0.2) is 23.5 Å². The molecule has 0 amide bonds. The Balaban J connectivity index is 0.00000417. The smallest absolute Gasteiger partial charge is 0.338 e. The molecule has 7 rings (SSSR count). The van der Waals surface area contributed by atoms with E-state index in [0.717, 1.165) is 12.8 Å². The number of ether oxygens (including phenoxy) is 1. The molecule has 1 saturated heterocycles. The normalized spacial score (nSPS) is 16.6. The average molecular weight is 708 g/mol. The summed E-state index contributed by atoms with van der Waals surface area (Å²) in [7, 11) is 0. The molecule has 15 heteroatoms. The van der Waals surface area contributed by atoms with Gasteiger partial charge in [0.05, 0.1) is 45.5 Å². The molecule has 4 aromatic heterocycles. The molecule has 49 heavy (non-hydrogen) atoms. The molecule has 1 aromatic carbocycles. The Morgan fingerprint density at radius 3 is 2.73 bits per heavy atom. The second-order valence-electron chi connectivity index (χ2n) is 11.7. The molecule has 1 N–H and O–H groups in total. The number of aromatic carboxylic acids is 1. The summed E-state index contributed by atoms with van der Waals surface area (Å²) in [5, 5.41) is 21.9. The van der Waals surface area contributed by atoms with Gasteiger partial charge in [-0.05, 0) is 44.0 Å². The van der Waals surface area contributed by atoms with Crippen molar-refractivity contribution in [3.8, 4) is 22.9 Å². The molecule has 0 spiro atoms. The number of hydrogen-bond donors (Lipinski definition) is 1. The first-order valence-electron chi connectivity index (χ1n) is 15.3. The fraction of sp³-hybridized carbons (Fsp3) is 0.353. The first-order chi connectivity index (χ1) is 23.2. The van der Waals surface area contributed by atoms with Gasteiger partial charge in [0.15, 0.2) is 0 Å². The first kappa shape index (κ1) is 34.2. The molecule has 2 fully saturated rings. The number of benzene rings is 1. The van der Waals surface area contributed by atoms with Crippen molar-refractivity contribution in [3.63, 3.8) is 0 Å². The number of rotatable bonds is 9. The monoisotopic (exact) mass is 707 g/mol. The summed E-state index contributed by atoms with van der Waals surface area (Å²) < 4.78 is 36.4. The van der Waals surface area contributed by atoms with Crippen LogP contribution >= 0.6 is 22.9 Å². The van der Waals surface area contributed by atoms with Crippen molar-refractivity contribution in [2.75, 3.05) is 31.1 Å².